The number of hydrogen-bond acceptors (Lipinski definition) is 3. The van der Waals surface area contributed by atoms with Gasteiger partial charge in [-0.25, -0.2) is 22.4 Å². The number of benzene rings is 2. The summed E-state index contributed by atoms with van der Waals surface area (Å²) in [4.78, 5) is 27.5. The molecule has 28 heavy (non-hydrogen) atoms. The highest BCUT2D eigenvalue weighted by molar-refractivity contribution is 7.16. The highest BCUT2D eigenvalue weighted by Crippen LogP contribution is 2.25. The van der Waals surface area contributed by atoms with Crippen molar-refractivity contribution in [3.63, 3.8) is 0 Å². The lowest BCUT2D eigenvalue weighted by molar-refractivity contribution is -0.140. The van der Waals surface area contributed by atoms with Crippen molar-refractivity contribution < 1.29 is 32.3 Å². The summed E-state index contributed by atoms with van der Waals surface area (Å²) < 4.78 is 55.4. The number of aromatic nitrogens is 1. The average molecular weight is 412 g/mol. The standard InChI is InChI=1S/C18H12F4N2O3S/c1-2-13(17(26)27)24-14-6-11(21)12(22)7-15(14)28-18(24)23-16(25)9-4-3-8(19)5-10(9)20/h3-7,13H,2H2,1H3,(H,26,27)/b23-18-. The van der Waals surface area contributed by atoms with E-state index in [2.05, 4.69) is 4.99 Å². The number of halogens is 4. The molecule has 1 heterocycles. The summed E-state index contributed by atoms with van der Waals surface area (Å²) in [5.41, 5.74) is -0.490. The Hall–Kier alpha value is -3.01. The number of fused-ring (bicyclic) bond motifs is 1. The van der Waals surface area contributed by atoms with Crippen LogP contribution in [0.4, 0.5) is 17.6 Å². The lowest BCUT2D eigenvalue weighted by atomic mass is 10.2. The van der Waals surface area contributed by atoms with E-state index in [0.717, 1.165) is 40.2 Å². The van der Waals surface area contributed by atoms with Gasteiger partial charge in [0, 0.05) is 12.1 Å². The maximum atomic E-state index is 13.8. The molecule has 146 valence electrons. The van der Waals surface area contributed by atoms with E-state index in [1.807, 2.05) is 0 Å². The second-order valence-corrected chi connectivity index (χ2v) is 6.80. The van der Waals surface area contributed by atoms with Gasteiger partial charge in [0.25, 0.3) is 5.91 Å². The highest BCUT2D eigenvalue weighted by Gasteiger charge is 2.23. The maximum Gasteiger partial charge on any atom is 0.326 e. The fourth-order valence-electron chi connectivity index (χ4n) is 2.69. The first kappa shape index (κ1) is 19.7. The molecule has 0 fully saturated rings. The second kappa shape index (κ2) is 7.55. The molecule has 0 aliphatic rings. The van der Waals surface area contributed by atoms with Gasteiger partial charge < -0.3 is 9.67 Å². The van der Waals surface area contributed by atoms with E-state index >= 15 is 0 Å². The molecule has 10 heteroatoms. The van der Waals surface area contributed by atoms with Gasteiger partial charge in [0.15, 0.2) is 16.4 Å². The minimum absolute atomic E-state index is 0.0317. The molecule has 0 saturated heterocycles. The molecule has 1 atom stereocenters. The highest BCUT2D eigenvalue weighted by atomic mass is 32.1. The number of carbonyl (C=O) groups is 2. The number of rotatable bonds is 4. The Morgan fingerprint density at radius 1 is 1.11 bits per heavy atom. The first-order chi connectivity index (χ1) is 13.2. The molecular formula is C18H12F4N2O3S. The third-order valence-corrected chi connectivity index (χ3v) is 5.03. The number of thiazole rings is 1. The number of aliphatic carboxylic acids is 1. The van der Waals surface area contributed by atoms with Crippen molar-refractivity contribution in [1.29, 1.82) is 0 Å². The summed E-state index contributed by atoms with van der Waals surface area (Å²) in [7, 11) is 0. The zero-order valence-corrected chi connectivity index (χ0v) is 15.1. The molecular weight excluding hydrogens is 400 g/mol. The molecule has 0 spiro atoms. The van der Waals surface area contributed by atoms with Crippen molar-refractivity contribution in [1.82, 2.24) is 4.57 Å². The van der Waals surface area contributed by atoms with E-state index in [1.54, 1.807) is 6.92 Å². The van der Waals surface area contributed by atoms with Gasteiger partial charge in [-0.1, -0.05) is 18.3 Å². The van der Waals surface area contributed by atoms with E-state index in [1.165, 1.54) is 0 Å². The molecule has 0 aliphatic carbocycles. The largest absolute Gasteiger partial charge is 0.480 e. The minimum Gasteiger partial charge on any atom is -0.480 e. The van der Waals surface area contributed by atoms with E-state index in [4.69, 9.17) is 0 Å². The van der Waals surface area contributed by atoms with Gasteiger partial charge >= 0.3 is 5.97 Å². The Balaban J connectivity index is 2.28. The lowest BCUT2D eigenvalue weighted by Crippen LogP contribution is -2.27. The molecule has 3 rings (SSSR count). The van der Waals surface area contributed by atoms with Crippen LogP contribution in [0.1, 0.15) is 29.7 Å². The first-order valence-corrected chi connectivity index (χ1v) is 8.81. The number of carbonyl (C=O) groups excluding carboxylic acids is 1. The summed E-state index contributed by atoms with van der Waals surface area (Å²) >= 11 is 0.749. The van der Waals surface area contributed by atoms with Gasteiger partial charge in [0.1, 0.15) is 17.7 Å². The van der Waals surface area contributed by atoms with Crippen molar-refractivity contribution in [2.75, 3.05) is 0 Å². The molecule has 2 aromatic carbocycles. The lowest BCUT2D eigenvalue weighted by Gasteiger charge is -2.13. The Kier molecular flexibility index (Phi) is 5.32. The smallest absolute Gasteiger partial charge is 0.326 e. The van der Waals surface area contributed by atoms with Gasteiger partial charge in [-0.05, 0) is 24.6 Å². The normalized spacial score (nSPS) is 13.1. The first-order valence-electron chi connectivity index (χ1n) is 8.00. The van der Waals surface area contributed by atoms with Gasteiger partial charge in [-0.3, -0.25) is 4.79 Å². The van der Waals surface area contributed by atoms with Crippen LogP contribution in [0.2, 0.25) is 0 Å². The molecule has 3 aromatic rings. The van der Waals surface area contributed by atoms with Crippen molar-refractivity contribution in [2.45, 2.75) is 19.4 Å². The third kappa shape index (κ3) is 3.55. The van der Waals surface area contributed by atoms with E-state index in [9.17, 15) is 32.3 Å². The van der Waals surface area contributed by atoms with Crippen molar-refractivity contribution in [2.24, 2.45) is 4.99 Å². The molecule has 0 saturated carbocycles. The molecule has 1 unspecified atom stereocenters. The number of amides is 1. The van der Waals surface area contributed by atoms with Gasteiger partial charge in [0.05, 0.1) is 15.8 Å². The molecule has 1 aromatic heterocycles. The summed E-state index contributed by atoms with van der Waals surface area (Å²) in [6.07, 6.45) is 0.0620. The fraction of sp³-hybridized carbons (Fsp3) is 0.167. The summed E-state index contributed by atoms with van der Waals surface area (Å²) in [5.74, 6) is -6.71. The predicted octanol–water partition coefficient (Wildman–Crippen LogP) is 4.04. The minimum atomic E-state index is -1.27. The SMILES string of the molecule is CCC(C(=O)O)n1/c(=N/C(=O)c2ccc(F)cc2F)sc2cc(F)c(F)cc21. The van der Waals surface area contributed by atoms with E-state index < -0.39 is 46.8 Å². The van der Waals surface area contributed by atoms with Crippen LogP contribution in [0.5, 0.6) is 0 Å². The second-order valence-electron chi connectivity index (χ2n) is 5.79. The van der Waals surface area contributed by atoms with Gasteiger partial charge in [0.2, 0.25) is 0 Å². The van der Waals surface area contributed by atoms with Crippen molar-refractivity contribution in [3.05, 3.63) is 64.0 Å². The van der Waals surface area contributed by atoms with E-state index in [0.29, 0.717) is 6.07 Å². The van der Waals surface area contributed by atoms with Crippen LogP contribution in [0.3, 0.4) is 0 Å². The van der Waals surface area contributed by atoms with Crippen molar-refractivity contribution in [3.8, 4) is 0 Å². The van der Waals surface area contributed by atoms with Crippen LogP contribution < -0.4 is 4.80 Å². The number of nitrogens with zero attached hydrogens (tertiary/aromatic N) is 2. The summed E-state index contributed by atoms with van der Waals surface area (Å²) in [6.45, 7) is 1.56. The Morgan fingerprint density at radius 3 is 2.39 bits per heavy atom. The van der Waals surface area contributed by atoms with Crippen LogP contribution >= 0.6 is 11.3 Å². The summed E-state index contributed by atoms with van der Waals surface area (Å²) in [6, 6.07) is 2.75. The zero-order chi connectivity index (χ0) is 20.6. The molecule has 0 aliphatic heterocycles. The number of carboxylic acids is 1. The average Bonchev–Trinajstić information content (AvgIpc) is 2.92. The van der Waals surface area contributed by atoms with Gasteiger partial charge in [-0.15, -0.1) is 0 Å². The number of carboxylic acid groups (broad SMARTS) is 1. The topological polar surface area (TPSA) is 71.7 Å². The summed E-state index contributed by atoms with van der Waals surface area (Å²) in [5, 5.41) is 9.47. The Morgan fingerprint density at radius 2 is 1.79 bits per heavy atom. The van der Waals surface area contributed by atoms with Crippen molar-refractivity contribution >= 4 is 33.4 Å². The Labute approximate surface area is 159 Å². The van der Waals surface area contributed by atoms with Crippen LogP contribution in [-0.2, 0) is 4.79 Å². The molecule has 0 radical (unpaired) electrons. The molecule has 1 N–H and O–H groups in total. The van der Waals surface area contributed by atoms with Crippen LogP contribution in [-0.4, -0.2) is 21.6 Å². The van der Waals surface area contributed by atoms with Crippen LogP contribution in [0, 0.1) is 23.3 Å². The monoisotopic (exact) mass is 412 g/mol. The maximum absolute atomic E-state index is 13.8. The van der Waals surface area contributed by atoms with Crippen LogP contribution in [0.15, 0.2) is 35.3 Å². The quantitative estimate of drug-likeness (QED) is 0.658. The van der Waals surface area contributed by atoms with Crippen LogP contribution in [0.25, 0.3) is 10.2 Å². The fourth-order valence-corrected chi connectivity index (χ4v) is 3.77. The van der Waals surface area contributed by atoms with Gasteiger partial charge in [-0.2, -0.15) is 4.99 Å². The molecule has 1 amide bonds. The predicted molar refractivity (Wildman–Crippen MR) is 92.9 cm³/mol. The third-order valence-electron chi connectivity index (χ3n) is 4.01. The zero-order valence-electron chi connectivity index (χ0n) is 14.2. The molecule has 5 nitrogen and oxygen atoms in total. The molecule has 0 bridgehead atoms. The Bertz CT molecular complexity index is 1170. The number of hydrogen-bond donors (Lipinski definition) is 1. The van der Waals surface area contributed by atoms with E-state index in [-0.39, 0.29) is 21.4 Å².